The van der Waals surface area contributed by atoms with Crippen molar-refractivity contribution in [2.75, 3.05) is 5.32 Å². The fourth-order valence-electron chi connectivity index (χ4n) is 2.37. The highest BCUT2D eigenvalue weighted by Gasteiger charge is 2.33. The van der Waals surface area contributed by atoms with Gasteiger partial charge in [-0.05, 0) is 42.0 Å². The second-order valence-corrected chi connectivity index (χ2v) is 6.40. The van der Waals surface area contributed by atoms with Crippen LogP contribution in [0.3, 0.4) is 0 Å². The number of amides is 1. The topological polar surface area (TPSA) is 46.9 Å². The van der Waals surface area contributed by atoms with Gasteiger partial charge in [0, 0.05) is 28.1 Å². The van der Waals surface area contributed by atoms with Gasteiger partial charge >= 0.3 is 6.18 Å². The Morgan fingerprint density at radius 2 is 1.88 bits per heavy atom. The van der Waals surface area contributed by atoms with Crippen LogP contribution in [-0.2, 0) is 12.7 Å². The maximum Gasteiger partial charge on any atom is 0.417 e. The molecule has 1 heterocycles. The highest BCUT2D eigenvalue weighted by atomic mass is 79.9. The summed E-state index contributed by atoms with van der Waals surface area (Å²) in [6, 6.07) is 12.2. The molecule has 0 radical (unpaired) electrons. The molecule has 2 aromatic carbocycles. The van der Waals surface area contributed by atoms with Gasteiger partial charge in [-0.25, -0.2) is 0 Å². The van der Waals surface area contributed by atoms with Crippen LogP contribution in [0.1, 0.15) is 21.5 Å². The van der Waals surface area contributed by atoms with Crippen molar-refractivity contribution in [2.24, 2.45) is 0 Å². The number of anilines is 1. The van der Waals surface area contributed by atoms with E-state index in [1.807, 2.05) is 12.3 Å². The van der Waals surface area contributed by atoms with Crippen molar-refractivity contribution in [3.63, 3.8) is 0 Å². The Morgan fingerprint density at radius 3 is 2.50 bits per heavy atom. The zero-order valence-electron chi connectivity index (χ0n) is 13.3. The van der Waals surface area contributed by atoms with Crippen LogP contribution in [0.5, 0.6) is 0 Å². The molecule has 0 fully saturated rings. The Morgan fingerprint density at radius 1 is 1.15 bits per heavy atom. The van der Waals surface area contributed by atoms with E-state index in [2.05, 4.69) is 26.3 Å². The number of nitrogens with one attached hydrogen (secondary N) is 1. The van der Waals surface area contributed by atoms with Crippen molar-refractivity contribution in [3.05, 3.63) is 82.1 Å². The van der Waals surface area contributed by atoms with Gasteiger partial charge in [-0.1, -0.05) is 28.1 Å². The highest BCUT2D eigenvalue weighted by Crippen LogP contribution is 2.36. The first-order chi connectivity index (χ1) is 12.3. The first-order valence-electron chi connectivity index (χ1n) is 7.57. The summed E-state index contributed by atoms with van der Waals surface area (Å²) in [6.45, 7) is 0.566. The lowest BCUT2D eigenvalue weighted by atomic mass is 10.1. The summed E-state index contributed by atoms with van der Waals surface area (Å²) in [5.74, 6) is -0.480. The van der Waals surface area contributed by atoms with E-state index in [1.54, 1.807) is 35.1 Å². The minimum absolute atomic E-state index is 0.0751. The molecule has 1 amide bonds. The number of aromatic nitrogens is 2. The van der Waals surface area contributed by atoms with Crippen LogP contribution in [-0.4, -0.2) is 15.7 Å². The number of hydrogen-bond acceptors (Lipinski definition) is 2. The monoisotopic (exact) mass is 423 g/mol. The Balaban J connectivity index is 1.72. The molecular formula is C18H13BrF3N3O. The Kier molecular flexibility index (Phi) is 5.13. The summed E-state index contributed by atoms with van der Waals surface area (Å²) < 4.78 is 40.5. The standard InChI is InChI=1S/C18H13BrF3N3O/c19-16-7-6-14(10-15(16)18(20,21)22)24-17(26)13-4-2-12(3-5-13)11-25-9-1-8-23-25/h1-10H,11H2,(H,24,26). The van der Waals surface area contributed by atoms with Crippen LogP contribution < -0.4 is 5.32 Å². The van der Waals surface area contributed by atoms with Gasteiger partial charge in [-0.15, -0.1) is 0 Å². The molecule has 0 saturated carbocycles. The van der Waals surface area contributed by atoms with Crippen LogP contribution in [0.2, 0.25) is 0 Å². The van der Waals surface area contributed by atoms with Gasteiger partial charge in [0.2, 0.25) is 0 Å². The number of halogens is 4. The molecule has 1 N–H and O–H groups in total. The predicted octanol–water partition coefficient (Wildman–Crippen LogP) is 4.97. The van der Waals surface area contributed by atoms with Gasteiger partial charge in [-0.2, -0.15) is 18.3 Å². The molecule has 1 aromatic heterocycles. The van der Waals surface area contributed by atoms with E-state index in [9.17, 15) is 18.0 Å². The zero-order valence-corrected chi connectivity index (χ0v) is 14.9. The maximum atomic E-state index is 12.9. The quantitative estimate of drug-likeness (QED) is 0.644. The average molecular weight is 424 g/mol. The van der Waals surface area contributed by atoms with E-state index < -0.39 is 17.6 Å². The number of carbonyl (C=O) groups excluding carboxylic acids is 1. The molecule has 0 aliphatic carbocycles. The number of carbonyl (C=O) groups is 1. The van der Waals surface area contributed by atoms with E-state index in [0.29, 0.717) is 12.1 Å². The molecule has 3 aromatic rings. The smallest absolute Gasteiger partial charge is 0.322 e. The van der Waals surface area contributed by atoms with Crippen LogP contribution in [0.4, 0.5) is 18.9 Å². The number of alkyl halides is 3. The largest absolute Gasteiger partial charge is 0.417 e. The van der Waals surface area contributed by atoms with E-state index in [0.717, 1.165) is 11.6 Å². The fraction of sp³-hybridized carbons (Fsp3) is 0.111. The van der Waals surface area contributed by atoms with Crippen LogP contribution in [0, 0.1) is 0 Å². The molecule has 0 bridgehead atoms. The van der Waals surface area contributed by atoms with Gasteiger partial charge in [0.15, 0.2) is 0 Å². The van der Waals surface area contributed by atoms with Gasteiger partial charge in [0.25, 0.3) is 5.91 Å². The summed E-state index contributed by atoms with van der Waals surface area (Å²) in [5.41, 5.74) is 0.537. The molecule has 0 spiro atoms. The summed E-state index contributed by atoms with van der Waals surface area (Å²) in [5, 5.41) is 6.59. The molecule has 4 nitrogen and oxygen atoms in total. The molecule has 0 aliphatic rings. The predicted molar refractivity (Wildman–Crippen MR) is 94.9 cm³/mol. The van der Waals surface area contributed by atoms with Crippen molar-refractivity contribution >= 4 is 27.5 Å². The van der Waals surface area contributed by atoms with Crippen molar-refractivity contribution in [1.82, 2.24) is 9.78 Å². The summed E-state index contributed by atoms with van der Waals surface area (Å²) in [4.78, 5) is 12.3. The minimum Gasteiger partial charge on any atom is -0.322 e. The molecule has 0 saturated heterocycles. The number of benzene rings is 2. The number of nitrogens with zero attached hydrogens (tertiary/aromatic N) is 2. The van der Waals surface area contributed by atoms with E-state index in [-0.39, 0.29) is 10.2 Å². The van der Waals surface area contributed by atoms with Gasteiger partial charge in [-0.3, -0.25) is 9.48 Å². The Labute approximate surface area is 155 Å². The Hall–Kier alpha value is -2.61. The molecule has 3 rings (SSSR count). The molecule has 8 heteroatoms. The molecule has 134 valence electrons. The lowest BCUT2D eigenvalue weighted by Crippen LogP contribution is -2.13. The average Bonchev–Trinajstić information content (AvgIpc) is 3.09. The van der Waals surface area contributed by atoms with Gasteiger partial charge < -0.3 is 5.32 Å². The lowest BCUT2D eigenvalue weighted by molar-refractivity contribution is -0.138. The second kappa shape index (κ2) is 7.33. The molecule has 0 unspecified atom stereocenters. The lowest BCUT2D eigenvalue weighted by Gasteiger charge is -2.12. The summed E-state index contributed by atoms with van der Waals surface area (Å²) in [6.07, 6.45) is -1.00. The van der Waals surface area contributed by atoms with E-state index >= 15 is 0 Å². The van der Waals surface area contributed by atoms with Crippen molar-refractivity contribution in [3.8, 4) is 0 Å². The minimum atomic E-state index is -4.51. The fourth-order valence-corrected chi connectivity index (χ4v) is 2.84. The third-order valence-corrected chi connectivity index (χ3v) is 4.34. The second-order valence-electron chi connectivity index (χ2n) is 5.55. The molecule has 0 atom stereocenters. The molecular weight excluding hydrogens is 411 g/mol. The molecule has 26 heavy (non-hydrogen) atoms. The van der Waals surface area contributed by atoms with E-state index in [4.69, 9.17) is 0 Å². The normalized spacial score (nSPS) is 11.4. The summed E-state index contributed by atoms with van der Waals surface area (Å²) >= 11 is 2.87. The van der Waals surface area contributed by atoms with Crippen LogP contribution in [0.15, 0.2) is 65.4 Å². The van der Waals surface area contributed by atoms with Gasteiger partial charge in [0.05, 0.1) is 12.1 Å². The Bertz CT molecular complexity index is 906. The van der Waals surface area contributed by atoms with Crippen molar-refractivity contribution in [1.29, 1.82) is 0 Å². The molecule has 0 aliphatic heterocycles. The van der Waals surface area contributed by atoms with Crippen LogP contribution >= 0.6 is 15.9 Å². The van der Waals surface area contributed by atoms with Gasteiger partial charge in [0.1, 0.15) is 0 Å². The third kappa shape index (κ3) is 4.32. The van der Waals surface area contributed by atoms with E-state index in [1.165, 1.54) is 12.1 Å². The zero-order chi connectivity index (χ0) is 18.7. The summed E-state index contributed by atoms with van der Waals surface area (Å²) in [7, 11) is 0. The maximum absolute atomic E-state index is 12.9. The van der Waals surface area contributed by atoms with Crippen molar-refractivity contribution in [2.45, 2.75) is 12.7 Å². The SMILES string of the molecule is O=C(Nc1ccc(Br)c(C(F)(F)F)c1)c1ccc(Cn2cccn2)cc1. The number of rotatable bonds is 4. The number of hydrogen-bond donors (Lipinski definition) is 1. The van der Waals surface area contributed by atoms with Crippen LogP contribution in [0.25, 0.3) is 0 Å². The highest BCUT2D eigenvalue weighted by molar-refractivity contribution is 9.10. The third-order valence-electron chi connectivity index (χ3n) is 3.65. The first kappa shape index (κ1) is 18.2. The van der Waals surface area contributed by atoms with Crippen molar-refractivity contribution < 1.29 is 18.0 Å². The first-order valence-corrected chi connectivity index (χ1v) is 8.37.